The van der Waals surface area contributed by atoms with E-state index in [1.165, 1.54) is 0 Å². The quantitative estimate of drug-likeness (QED) is 0.859. The third-order valence-corrected chi connectivity index (χ3v) is 4.73. The molecule has 0 bridgehead atoms. The molecule has 1 spiro atoms. The maximum absolute atomic E-state index is 6.36. The molecule has 2 aliphatic heterocycles. The van der Waals surface area contributed by atoms with Crippen molar-refractivity contribution in [2.45, 2.75) is 50.9 Å². The lowest BCUT2D eigenvalue weighted by atomic mass is 9.78. The van der Waals surface area contributed by atoms with Crippen LogP contribution in [-0.4, -0.2) is 18.3 Å². The van der Waals surface area contributed by atoms with Crippen LogP contribution in [0, 0.1) is 5.92 Å². The van der Waals surface area contributed by atoms with Crippen molar-refractivity contribution in [2.75, 3.05) is 6.61 Å². The van der Waals surface area contributed by atoms with E-state index in [2.05, 4.69) is 13.8 Å². The lowest BCUT2D eigenvalue weighted by Gasteiger charge is -2.46. The first-order valence-electron chi connectivity index (χ1n) is 7.35. The zero-order chi connectivity index (χ0) is 14.3. The molecule has 0 saturated carbocycles. The van der Waals surface area contributed by atoms with Crippen molar-refractivity contribution in [3.05, 3.63) is 28.8 Å². The number of hydrogen-bond acceptors (Lipinski definition) is 3. The predicted octanol–water partition coefficient (Wildman–Crippen LogP) is 3.70. The van der Waals surface area contributed by atoms with Crippen molar-refractivity contribution in [3.63, 3.8) is 0 Å². The van der Waals surface area contributed by atoms with Gasteiger partial charge in [-0.25, -0.2) is 0 Å². The number of benzene rings is 1. The second kappa shape index (κ2) is 5.21. The maximum atomic E-state index is 6.36. The molecule has 3 nitrogen and oxygen atoms in total. The van der Waals surface area contributed by atoms with Crippen molar-refractivity contribution in [1.82, 2.24) is 0 Å². The number of halogens is 1. The summed E-state index contributed by atoms with van der Waals surface area (Å²) in [5, 5.41) is 0.714. The van der Waals surface area contributed by atoms with Crippen LogP contribution in [0.15, 0.2) is 18.2 Å². The predicted molar refractivity (Wildman–Crippen MR) is 80.2 cm³/mol. The number of rotatable bonds is 1. The van der Waals surface area contributed by atoms with E-state index in [4.69, 9.17) is 26.8 Å². The summed E-state index contributed by atoms with van der Waals surface area (Å²) in [5.74, 6) is 1.39. The molecular weight excluding hydrogens is 274 g/mol. The van der Waals surface area contributed by atoms with Crippen molar-refractivity contribution in [3.8, 4) is 5.75 Å². The second-order valence-corrected chi connectivity index (χ2v) is 6.82. The van der Waals surface area contributed by atoms with Crippen molar-refractivity contribution in [2.24, 2.45) is 11.7 Å². The smallest absolute Gasteiger partial charge is 0.125 e. The maximum Gasteiger partial charge on any atom is 0.125 e. The van der Waals surface area contributed by atoms with E-state index in [0.29, 0.717) is 10.9 Å². The topological polar surface area (TPSA) is 44.5 Å². The molecular formula is C16H22ClNO2. The molecule has 2 aliphatic rings. The van der Waals surface area contributed by atoms with Crippen LogP contribution in [0.4, 0.5) is 0 Å². The van der Waals surface area contributed by atoms with Gasteiger partial charge in [-0.3, -0.25) is 0 Å². The molecule has 1 fully saturated rings. The van der Waals surface area contributed by atoms with Crippen molar-refractivity contribution < 1.29 is 9.47 Å². The van der Waals surface area contributed by atoms with Crippen LogP contribution < -0.4 is 10.5 Å². The SMILES string of the molecule is CC(C)C1CC2(CCO1)C[C@@H](N)c1cc(Cl)ccc1O2. The van der Waals surface area contributed by atoms with Crippen LogP contribution >= 0.6 is 11.6 Å². The fourth-order valence-corrected chi connectivity index (χ4v) is 3.50. The van der Waals surface area contributed by atoms with Gasteiger partial charge in [0.25, 0.3) is 0 Å². The Hall–Kier alpha value is -0.770. The highest BCUT2D eigenvalue weighted by atomic mass is 35.5. The molecule has 2 heterocycles. The van der Waals surface area contributed by atoms with Crippen LogP contribution in [-0.2, 0) is 4.74 Å². The molecule has 3 rings (SSSR count). The van der Waals surface area contributed by atoms with Crippen molar-refractivity contribution >= 4 is 11.6 Å². The Morgan fingerprint density at radius 2 is 2.15 bits per heavy atom. The van der Waals surface area contributed by atoms with Crippen molar-refractivity contribution in [1.29, 1.82) is 0 Å². The summed E-state index contributed by atoms with van der Waals surface area (Å²) < 4.78 is 12.2. The van der Waals surface area contributed by atoms with E-state index >= 15 is 0 Å². The average Bonchev–Trinajstić information content (AvgIpc) is 2.40. The third-order valence-electron chi connectivity index (χ3n) is 4.50. The first-order valence-corrected chi connectivity index (χ1v) is 7.72. The van der Waals surface area contributed by atoms with Gasteiger partial charge in [0, 0.05) is 35.9 Å². The third kappa shape index (κ3) is 2.54. The summed E-state index contributed by atoms with van der Waals surface area (Å²) in [7, 11) is 0. The van der Waals surface area contributed by atoms with Crippen LogP contribution in [0.25, 0.3) is 0 Å². The lowest BCUT2D eigenvalue weighted by Crippen LogP contribution is -2.50. The van der Waals surface area contributed by atoms with Gasteiger partial charge in [-0.2, -0.15) is 0 Å². The largest absolute Gasteiger partial charge is 0.487 e. The molecule has 2 N–H and O–H groups in total. The molecule has 3 atom stereocenters. The zero-order valence-electron chi connectivity index (χ0n) is 12.1. The Bertz CT molecular complexity index is 505. The molecule has 4 heteroatoms. The minimum Gasteiger partial charge on any atom is -0.487 e. The normalized spacial score (nSPS) is 33.0. The van der Waals surface area contributed by atoms with Gasteiger partial charge in [-0.05, 0) is 24.1 Å². The Morgan fingerprint density at radius 3 is 2.90 bits per heavy atom. The summed E-state index contributed by atoms with van der Waals surface area (Å²) in [4.78, 5) is 0. The first kappa shape index (κ1) is 14.2. The summed E-state index contributed by atoms with van der Waals surface area (Å²) in [6.07, 6.45) is 2.92. The van der Waals surface area contributed by atoms with E-state index in [-0.39, 0.29) is 17.7 Å². The highest BCUT2D eigenvalue weighted by Gasteiger charge is 2.44. The average molecular weight is 296 g/mol. The number of hydrogen-bond donors (Lipinski definition) is 1. The Morgan fingerprint density at radius 1 is 1.35 bits per heavy atom. The van der Waals surface area contributed by atoms with Gasteiger partial charge in [-0.15, -0.1) is 0 Å². The van der Waals surface area contributed by atoms with Gasteiger partial charge in [0.15, 0.2) is 0 Å². The highest BCUT2D eigenvalue weighted by molar-refractivity contribution is 6.30. The molecule has 0 aliphatic carbocycles. The van der Waals surface area contributed by atoms with E-state index in [0.717, 1.165) is 37.2 Å². The second-order valence-electron chi connectivity index (χ2n) is 6.39. The number of fused-ring (bicyclic) bond motifs is 1. The fourth-order valence-electron chi connectivity index (χ4n) is 3.32. The van der Waals surface area contributed by atoms with E-state index in [1.54, 1.807) is 0 Å². The molecule has 1 aromatic rings. The van der Waals surface area contributed by atoms with E-state index < -0.39 is 0 Å². The number of nitrogens with two attached hydrogens (primary N) is 1. The molecule has 20 heavy (non-hydrogen) atoms. The molecule has 1 aromatic carbocycles. The first-order chi connectivity index (χ1) is 9.49. The molecule has 0 amide bonds. The fraction of sp³-hybridized carbons (Fsp3) is 0.625. The van der Waals surface area contributed by atoms with Crippen LogP contribution in [0.2, 0.25) is 5.02 Å². The van der Waals surface area contributed by atoms with Crippen LogP contribution in [0.3, 0.4) is 0 Å². The van der Waals surface area contributed by atoms with Gasteiger partial charge in [0.05, 0.1) is 12.7 Å². The van der Waals surface area contributed by atoms with Gasteiger partial charge in [0.2, 0.25) is 0 Å². The number of ether oxygens (including phenoxy) is 2. The highest BCUT2D eigenvalue weighted by Crippen LogP contribution is 2.45. The standard InChI is InChI=1S/C16H22ClNO2/c1-10(2)15-9-16(5-6-19-15)8-13(18)12-7-11(17)3-4-14(12)20-16/h3-4,7,10,13,15H,5-6,8-9,18H2,1-2H3/t13-,15?,16?/m1/s1. The van der Waals surface area contributed by atoms with E-state index in [1.807, 2.05) is 18.2 Å². The molecule has 110 valence electrons. The molecule has 2 unspecified atom stereocenters. The summed E-state index contributed by atoms with van der Waals surface area (Å²) in [6.45, 7) is 5.14. The zero-order valence-corrected chi connectivity index (χ0v) is 12.8. The van der Waals surface area contributed by atoms with Crippen LogP contribution in [0.1, 0.15) is 44.7 Å². The summed E-state index contributed by atoms with van der Waals surface area (Å²) in [5.41, 5.74) is 7.21. The Kier molecular flexibility index (Phi) is 3.69. The van der Waals surface area contributed by atoms with Gasteiger partial charge in [0.1, 0.15) is 11.4 Å². The van der Waals surface area contributed by atoms with Gasteiger partial charge in [-0.1, -0.05) is 25.4 Å². The minimum absolute atomic E-state index is 0.0108. The van der Waals surface area contributed by atoms with Crippen LogP contribution in [0.5, 0.6) is 5.75 Å². The molecule has 0 aromatic heterocycles. The molecule has 0 radical (unpaired) electrons. The van der Waals surface area contributed by atoms with Gasteiger partial charge >= 0.3 is 0 Å². The Balaban J connectivity index is 1.88. The lowest BCUT2D eigenvalue weighted by molar-refractivity contribution is -0.115. The summed E-state index contributed by atoms with van der Waals surface area (Å²) >= 11 is 6.05. The van der Waals surface area contributed by atoms with Gasteiger partial charge < -0.3 is 15.2 Å². The summed E-state index contributed by atoms with van der Waals surface area (Å²) in [6, 6.07) is 5.72. The Labute approximate surface area is 125 Å². The van der Waals surface area contributed by atoms with E-state index in [9.17, 15) is 0 Å². The molecule has 1 saturated heterocycles. The monoisotopic (exact) mass is 295 g/mol. The minimum atomic E-state index is -0.173.